The maximum Gasteiger partial charge on any atom is 0.182 e. The molecular formula is C12H18N6OS. The molecule has 0 amide bonds. The zero-order valence-electron chi connectivity index (χ0n) is 11.5. The molecule has 0 saturated heterocycles. The molecular weight excluding hydrogens is 276 g/mol. The van der Waals surface area contributed by atoms with Gasteiger partial charge in [-0.25, -0.2) is 4.68 Å². The number of nitrogen functional groups attached to an aromatic ring is 2. The SMILES string of the molecule is CC(CCn1nnnc1-c1cc(N)cc(N)c1)S(C)=O. The summed E-state index contributed by atoms with van der Waals surface area (Å²) in [6.45, 7) is 2.54. The van der Waals surface area contributed by atoms with Crippen molar-refractivity contribution in [2.45, 2.75) is 25.1 Å². The minimum Gasteiger partial charge on any atom is -0.399 e. The van der Waals surface area contributed by atoms with Crippen molar-refractivity contribution < 1.29 is 4.21 Å². The van der Waals surface area contributed by atoms with Crippen molar-refractivity contribution in [3.05, 3.63) is 18.2 Å². The first kappa shape index (κ1) is 14.4. The first-order chi connectivity index (χ1) is 9.47. The van der Waals surface area contributed by atoms with Gasteiger partial charge >= 0.3 is 0 Å². The van der Waals surface area contributed by atoms with Crippen LogP contribution in [0.4, 0.5) is 11.4 Å². The number of nitrogens with two attached hydrogens (primary N) is 2. The number of hydrogen-bond acceptors (Lipinski definition) is 6. The Labute approximate surface area is 119 Å². The molecule has 7 nitrogen and oxygen atoms in total. The molecule has 2 aromatic rings. The summed E-state index contributed by atoms with van der Waals surface area (Å²) < 4.78 is 13.0. The molecule has 1 aromatic carbocycles. The Bertz CT molecular complexity index is 606. The lowest BCUT2D eigenvalue weighted by atomic mass is 10.1. The van der Waals surface area contributed by atoms with E-state index in [2.05, 4.69) is 15.5 Å². The van der Waals surface area contributed by atoms with Gasteiger partial charge in [0.05, 0.1) is 0 Å². The molecule has 2 unspecified atom stereocenters. The van der Waals surface area contributed by atoms with Gasteiger partial charge in [0.15, 0.2) is 5.82 Å². The lowest BCUT2D eigenvalue weighted by Crippen LogP contribution is -2.14. The minimum atomic E-state index is -0.852. The summed E-state index contributed by atoms with van der Waals surface area (Å²) in [4.78, 5) is 0. The maximum atomic E-state index is 11.4. The molecule has 108 valence electrons. The standard InChI is InChI=1S/C12H18N6OS/c1-8(20(2)19)3-4-18-12(15-16-17-18)9-5-10(13)7-11(14)6-9/h5-8H,3-4,13-14H2,1-2H3. The van der Waals surface area contributed by atoms with Crippen molar-refractivity contribution in [1.29, 1.82) is 0 Å². The monoisotopic (exact) mass is 294 g/mol. The average molecular weight is 294 g/mol. The summed E-state index contributed by atoms with van der Waals surface area (Å²) in [6, 6.07) is 5.24. The third kappa shape index (κ3) is 3.32. The molecule has 0 bridgehead atoms. The van der Waals surface area contributed by atoms with Gasteiger partial charge in [0.25, 0.3) is 0 Å². The molecule has 0 aliphatic heterocycles. The minimum absolute atomic E-state index is 0.0953. The lowest BCUT2D eigenvalue weighted by molar-refractivity contribution is 0.556. The molecule has 0 spiro atoms. The Morgan fingerprint density at radius 3 is 2.55 bits per heavy atom. The fraction of sp³-hybridized carbons (Fsp3) is 0.417. The van der Waals surface area contributed by atoms with Crippen molar-refractivity contribution in [3.8, 4) is 11.4 Å². The number of aromatic nitrogens is 4. The van der Waals surface area contributed by atoms with Gasteiger partial charge in [-0.05, 0) is 35.0 Å². The first-order valence-corrected chi connectivity index (χ1v) is 7.84. The molecule has 0 radical (unpaired) electrons. The zero-order chi connectivity index (χ0) is 14.7. The highest BCUT2D eigenvalue weighted by Crippen LogP contribution is 2.22. The number of anilines is 2. The number of hydrogen-bond donors (Lipinski definition) is 2. The molecule has 1 aromatic heterocycles. The number of nitrogens with zero attached hydrogens (tertiary/aromatic N) is 4. The van der Waals surface area contributed by atoms with Crippen molar-refractivity contribution in [1.82, 2.24) is 20.2 Å². The third-order valence-electron chi connectivity index (χ3n) is 3.08. The van der Waals surface area contributed by atoms with E-state index in [9.17, 15) is 4.21 Å². The van der Waals surface area contributed by atoms with E-state index < -0.39 is 10.8 Å². The molecule has 20 heavy (non-hydrogen) atoms. The molecule has 0 aliphatic rings. The fourth-order valence-electron chi connectivity index (χ4n) is 1.84. The van der Waals surface area contributed by atoms with Crippen molar-refractivity contribution in [2.75, 3.05) is 17.7 Å². The summed E-state index contributed by atoms with van der Waals surface area (Å²) in [5.41, 5.74) is 13.5. The molecule has 2 rings (SSSR count). The van der Waals surface area contributed by atoms with Gasteiger partial charge in [0.1, 0.15) is 0 Å². The highest BCUT2D eigenvalue weighted by molar-refractivity contribution is 7.84. The van der Waals surface area contributed by atoms with Crippen molar-refractivity contribution in [3.63, 3.8) is 0 Å². The van der Waals surface area contributed by atoms with E-state index >= 15 is 0 Å². The number of benzene rings is 1. The fourth-order valence-corrected chi connectivity index (χ4v) is 2.28. The molecule has 4 N–H and O–H groups in total. The van der Waals surface area contributed by atoms with E-state index in [0.29, 0.717) is 23.7 Å². The van der Waals surface area contributed by atoms with Gasteiger partial charge < -0.3 is 11.5 Å². The van der Waals surface area contributed by atoms with Crippen LogP contribution in [0.3, 0.4) is 0 Å². The first-order valence-electron chi connectivity index (χ1n) is 6.22. The predicted molar refractivity (Wildman–Crippen MR) is 80.2 cm³/mol. The summed E-state index contributed by atoms with van der Waals surface area (Å²) in [7, 11) is -0.852. The highest BCUT2D eigenvalue weighted by atomic mass is 32.2. The Morgan fingerprint density at radius 2 is 1.95 bits per heavy atom. The van der Waals surface area contributed by atoms with Crippen LogP contribution in [0.2, 0.25) is 0 Å². The van der Waals surface area contributed by atoms with E-state index in [0.717, 1.165) is 12.0 Å². The third-order valence-corrected chi connectivity index (χ3v) is 4.45. The lowest BCUT2D eigenvalue weighted by Gasteiger charge is -2.09. The zero-order valence-corrected chi connectivity index (χ0v) is 12.3. The summed E-state index contributed by atoms with van der Waals surface area (Å²) >= 11 is 0. The van der Waals surface area contributed by atoms with Gasteiger partial charge in [-0.3, -0.25) is 4.21 Å². The van der Waals surface area contributed by atoms with Crippen LogP contribution in [0, 0.1) is 0 Å². The van der Waals surface area contributed by atoms with Crippen LogP contribution in [0.5, 0.6) is 0 Å². The Morgan fingerprint density at radius 1 is 1.30 bits per heavy atom. The summed E-state index contributed by atoms with van der Waals surface area (Å²) in [5.74, 6) is 0.609. The molecule has 0 fully saturated rings. The van der Waals surface area contributed by atoms with Gasteiger partial charge in [0, 0.05) is 45.8 Å². The van der Waals surface area contributed by atoms with Crippen LogP contribution in [0.1, 0.15) is 13.3 Å². The van der Waals surface area contributed by atoms with E-state index in [1.54, 1.807) is 29.1 Å². The topological polar surface area (TPSA) is 113 Å². The van der Waals surface area contributed by atoms with E-state index in [1.165, 1.54) is 0 Å². The average Bonchev–Trinajstić information content (AvgIpc) is 2.82. The van der Waals surface area contributed by atoms with E-state index in [-0.39, 0.29) is 5.25 Å². The molecule has 0 aliphatic carbocycles. The second-order valence-electron chi connectivity index (χ2n) is 4.71. The number of rotatable bonds is 5. The molecule has 0 saturated carbocycles. The molecule has 1 heterocycles. The number of tetrazole rings is 1. The van der Waals surface area contributed by atoms with Gasteiger partial charge in [0.2, 0.25) is 0 Å². The van der Waals surface area contributed by atoms with Crippen LogP contribution >= 0.6 is 0 Å². The predicted octanol–water partition coefficient (Wildman–Crippen LogP) is 0.662. The Kier molecular flexibility index (Phi) is 4.33. The van der Waals surface area contributed by atoms with Gasteiger partial charge in [-0.2, -0.15) is 0 Å². The van der Waals surface area contributed by atoms with Crippen LogP contribution in [0.15, 0.2) is 18.2 Å². The normalized spacial score (nSPS) is 14.1. The summed E-state index contributed by atoms with van der Waals surface area (Å²) in [5, 5.41) is 11.7. The van der Waals surface area contributed by atoms with Crippen molar-refractivity contribution in [2.24, 2.45) is 0 Å². The molecule has 8 heteroatoms. The van der Waals surface area contributed by atoms with Crippen LogP contribution in [-0.2, 0) is 17.3 Å². The van der Waals surface area contributed by atoms with E-state index in [1.807, 2.05) is 6.92 Å². The number of aryl methyl sites for hydroxylation is 1. The highest BCUT2D eigenvalue weighted by Gasteiger charge is 2.12. The quantitative estimate of drug-likeness (QED) is 0.783. The second-order valence-corrected chi connectivity index (χ2v) is 6.51. The summed E-state index contributed by atoms with van der Waals surface area (Å²) in [6.07, 6.45) is 2.43. The van der Waals surface area contributed by atoms with Gasteiger partial charge in [-0.1, -0.05) is 6.92 Å². The van der Waals surface area contributed by atoms with Crippen molar-refractivity contribution >= 4 is 22.2 Å². The maximum absolute atomic E-state index is 11.4. The Hall–Kier alpha value is -1.96. The molecule has 2 atom stereocenters. The van der Waals surface area contributed by atoms with E-state index in [4.69, 9.17) is 11.5 Å². The van der Waals surface area contributed by atoms with Gasteiger partial charge in [-0.15, -0.1) is 5.10 Å². The Balaban J connectivity index is 2.22. The van der Waals surface area contributed by atoms with Crippen LogP contribution in [-0.4, -0.2) is 35.9 Å². The van der Waals surface area contributed by atoms with Crippen LogP contribution in [0.25, 0.3) is 11.4 Å². The smallest absolute Gasteiger partial charge is 0.182 e. The van der Waals surface area contributed by atoms with Crippen LogP contribution < -0.4 is 11.5 Å². The second kappa shape index (κ2) is 6.00. The largest absolute Gasteiger partial charge is 0.399 e.